The fraction of sp³-hybridized carbons (Fsp3) is 0.200. The number of thiophene rings is 1. The molecule has 1 unspecified atom stereocenters. The van der Waals surface area contributed by atoms with Gasteiger partial charge in [0.25, 0.3) is 5.91 Å². The fourth-order valence-electron chi connectivity index (χ4n) is 1.80. The molecule has 1 amide bonds. The van der Waals surface area contributed by atoms with Crippen LogP contribution in [0.15, 0.2) is 41.5 Å². The number of hydrogen-bond donors (Lipinski definition) is 2. The molecule has 0 aliphatic carbocycles. The first-order valence-corrected chi connectivity index (χ1v) is 7.68. The van der Waals surface area contributed by atoms with Crippen molar-refractivity contribution in [1.82, 2.24) is 5.43 Å². The number of aryl methyl sites for hydroxylation is 1. The molecule has 0 spiro atoms. The number of anilines is 1. The molecular weight excluding hydrogens is 316 g/mol. The Kier molecular flexibility index (Phi) is 5.42. The number of hydrogen-bond acceptors (Lipinski definition) is 6. The zero-order valence-electron chi connectivity index (χ0n) is 12.6. The third-order valence-electron chi connectivity index (χ3n) is 3.07. The van der Waals surface area contributed by atoms with Crippen LogP contribution in [0, 0.1) is 17.0 Å². The highest BCUT2D eigenvalue weighted by molar-refractivity contribution is 7.16. The van der Waals surface area contributed by atoms with E-state index < -0.39 is 11.0 Å². The second kappa shape index (κ2) is 7.50. The van der Waals surface area contributed by atoms with Crippen molar-refractivity contribution >= 4 is 34.1 Å². The summed E-state index contributed by atoms with van der Waals surface area (Å²) in [5, 5.41) is 17.5. The summed E-state index contributed by atoms with van der Waals surface area (Å²) >= 11 is 0.990. The number of hydrazone groups is 1. The van der Waals surface area contributed by atoms with Crippen LogP contribution >= 0.6 is 11.3 Å². The van der Waals surface area contributed by atoms with E-state index in [0.29, 0.717) is 4.88 Å². The molecule has 0 aliphatic heterocycles. The van der Waals surface area contributed by atoms with Crippen LogP contribution in [0.25, 0.3) is 0 Å². The van der Waals surface area contributed by atoms with Crippen LogP contribution in [0.4, 0.5) is 10.7 Å². The number of carbonyl (C=O) groups excluding carboxylic acids is 1. The topological polar surface area (TPSA) is 96.6 Å². The average molecular weight is 332 g/mol. The maximum Gasteiger partial charge on any atom is 0.324 e. The second-order valence-corrected chi connectivity index (χ2v) is 5.94. The third kappa shape index (κ3) is 4.62. The number of nitro groups is 1. The van der Waals surface area contributed by atoms with E-state index in [9.17, 15) is 14.9 Å². The van der Waals surface area contributed by atoms with Gasteiger partial charge >= 0.3 is 5.00 Å². The first kappa shape index (κ1) is 16.6. The molecule has 1 aromatic heterocycles. The summed E-state index contributed by atoms with van der Waals surface area (Å²) in [4.78, 5) is 22.7. The Labute approximate surface area is 137 Å². The molecule has 0 radical (unpaired) electrons. The lowest BCUT2D eigenvalue weighted by molar-refractivity contribution is -0.380. The van der Waals surface area contributed by atoms with Crippen LogP contribution in [-0.2, 0) is 4.79 Å². The number of rotatable bonds is 6. The zero-order valence-corrected chi connectivity index (χ0v) is 13.5. The minimum absolute atomic E-state index is 0.0346. The molecule has 1 atom stereocenters. The van der Waals surface area contributed by atoms with E-state index >= 15 is 0 Å². The predicted octanol–water partition coefficient (Wildman–Crippen LogP) is 2.92. The number of para-hydroxylation sites is 1. The highest BCUT2D eigenvalue weighted by atomic mass is 32.1. The average Bonchev–Trinajstić information content (AvgIpc) is 2.98. The first-order valence-electron chi connectivity index (χ1n) is 6.86. The van der Waals surface area contributed by atoms with E-state index in [1.165, 1.54) is 12.3 Å². The zero-order chi connectivity index (χ0) is 16.8. The summed E-state index contributed by atoms with van der Waals surface area (Å²) < 4.78 is 0. The van der Waals surface area contributed by atoms with E-state index in [1.807, 2.05) is 31.2 Å². The summed E-state index contributed by atoms with van der Waals surface area (Å²) in [7, 11) is 0. The van der Waals surface area contributed by atoms with E-state index in [0.717, 1.165) is 22.6 Å². The van der Waals surface area contributed by atoms with E-state index in [2.05, 4.69) is 15.8 Å². The standard InChI is InChI=1S/C15H16N4O3S/c1-10-5-3-4-6-13(10)17-11(2)15(20)18-16-9-12-7-8-14(23-12)19(21)22/h3-9,11,17H,1-2H3,(H,18,20). The van der Waals surface area contributed by atoms with Crippen LogP contribution in [0.3, 0.4) is 0 Å². The molecule has 0 aliphatic rings. The first-order chi connectivity index (χ1) is 11.0. The molecule has 120 valence electrons. The van der Waals surface area contributed by atoms with Gasteiger partial charge in [-0.05, 0) is 31.5 Å². The largest absolute Gasteiger partial charge is 0.374 e. The molecule has 7 nitrogen and oxygen atoms in total. The van der Waals surface area contributed by atoms with Gasteiger partial charge in [0.2, 0.25) is 0 Å². The third-order valence-corrected chi connectivity index (χ3v) is 4.04. The van der Waals surface area contributed by atoms with E-state index in [4.69, 9.17) is 0 Å². The molecule has 23 heavy (non-hydrogen) atoms. The number of benzene rings is 1. The van der Waals surface area contributed by atoms with Crippen molar-refractivity contribution in [3.63, 3.8) is 0 Å². The van der Waals surface area contributed by atoms with Gasteiger partial charge in [-0.15, -0.1) is 0 Å². The molecule has 8 heteroatoms. The Morgan fingerprint density at radius 1 is 1.35 bits per heavy atom. The van der Waals surface area contributed by atoms with Gasteiger partial charge in [-0.2, -0.15) is 5.10 Å². The van der Waals surface area contributed by atoms with Crippen molar-refractivity contribution in [2.45, 2.75) is 19.9 Å². The lowest BCUT2D eigenvalue weighted by Gasteiger charge is -2.15. The van der Waals surface area contributed by atoms with Crippen molar-refractivity contribution in [3.05, 3.63) is 57.0 Å². The monoisotopic (exact) mass is 332 g/mol. The maximum atomic E-state index is 12.0. The quantitative estimate of drug-likeness (QED) is 0.483. The molecule has 0 saturated carbocycles. The molecule has 2 aromatic rings. The van der Waals surface area contributed by atoms with Gasteiger partial charge in [0, 0.05) is 11.8 Å². The van der Waals surface area contributed by atoms with Gasteiger partial charge in [-0.25, -0.2) is 5.43 Å². The maximum absolute atomic E-state index is 12.0. The van der Waals surface area contributed by atoms with Gasteiger partial charge in [-0.3, -0.25) is 14.9 Å². The molecule has 2 rings (SSSR count). The van der Waals surface area contributed by atoms with Crippen molar-refractivity contribution in [2.24, 2.45) is 5.10 Å². The SMILES string of the molecule is Cc1ccccc1NC(C)C(=O)NN=Cc1ccc([N+](=O)[O-])s1. The van der Waals surface area contributed by atoms with Crippen LogP contribution < -0.4 is 10.7 Å². The van der Waals surface area contributed by atoms with Crippen molar-refractivity contribution < 1.29 is 9.72 Å². The van der Waals surface area contributed by atoms with Crippen LogP contribution in [0.5, 0.6) is 0 Å². The highest BCUT2D eigenvalue weighted by Gasteiger charge is 2.13. The van der Waals surface area contributed by atoms with Crippen molar-refractivity contribution in [2.75, 3.05) is 5.32 Å². The molecule has 2 N–H and O–H groups in total. The highest BCUT2D eigenvalue weighted by Crippen LogP contribution is 2.22. The summed E-state index contributed by atoms with van der Waals surface area (Å²) in [6.45, 7) is 3.68. The summed E-state index contributed by atoms with van der Waals surface area (Å²) in [5.74, 6) is -0.296. The van der Waals surface area contributed by atoms with Gasteiger partial charge in [-0.1, -0.05) is 29.5 Å². The molecule has 0 bridgehead atoms. The van der Waals surface area contributed by atoms with Crippen molar-refractivity contribution in [3.8, 4) is 0 Å². The number of carbonyl (C=O) groups is 1. The molecular formula is C15H16N4O3S. The summed E-state index contributed by atoms with van der Waals surface area (Å²) in [6.07, 6.45) is 1.38. The van der Waals surface area contributed by atoms with Gasteiger partial charge in [0.15, 0.2) is 0 Å². The Morgan fingerprint density at radius 3 is 2.74 bits per heavy atom. The lowest BCUT2D eigenvalue weighted by atomic mass is 10.2. The fourth-order valence-corrected chi connectivity index (χ4v) is 2.49. The summed E-state index contributed by atoms with van der Waals surface area (Å²) in [6, 6.07) is 10.2. The van der Waals surface area contributed by atoms with Crippen LogP contribution in [0.2, 0.25) is 0 Å². The van der Waals surface area contributed by atoms with E-state index in [1.54, 1.807) is 13.0 Å². The molecule has 1 heterocycles. The Hall–Kier alpha value is -2.74. The minimum atomic E-state index is -0.467. The van der Waals surface area contributed by atoms with Gasteiger partial charge in [0.05, 0.1) is 16.0 Å². The predicted molar refractivity (Wildman–Crippen MR) is 91.0 cm³/mol. The Bertz CT molecular complexity index is 742. The smallest absolute Gasteiger partial charge is 0.324 e. The second-order valence-electron chi connectivity index (χ2n) is 4.85. The molecule has 0 saturated heterocycles. The van der Waals surface area contributed by atoms with Gasteiger partial charge < -0.3 is 5.32 Å². The molecule has 0 fully saturated rings. The lowest BCUT2D eigenvalue weighted by Crippen LogP contribution is -2.35. The van der Waals surface area contributed by atoms with Gasteiger partial charge in [0.1, 0.15) is 6.04 Å². The van der Waals surface area contributed by atoms with E-state index in [-0.39, 0.29) is 10.9 Å². The Morgan fingerprint density at radius 2 is 2.09 bits per heavy atom. The number of amides is 1. The normalized spacial score (nSPS) is 12.1. The van der Waals surface area contributed by atoms with Crippen molar-refractivity contribution in [1.29, 1.82) is 0 Å². The number of nitrogens with one attached hydrogen (secondary N) is 2. The number of nitrogens with zero attached hydrogens (tertiary/aromatic N) is 2. The Balaban J connectivity index is 1.89. The van der Waals surface area contributed by atoms with Crippen LogP contribution in [-0.4, -0.2) is 23.1 Å². The summed E-state index contributed by atoms with van der Waals surface area (Å²) in [5.41, 5.74) is 4.34. The van der Waals surface area contributed by atoms with Crippen LogP contribution in [0.1, 0.15) is 17.4 Å². The molecule has 1 aromatic carbocycles. The minimum Gasteiger partial charge on any atom is -0.374 e.